The largest absolute Gasteiger partial charge is 0.460 e. The van der Waals surface area contributed by atoms with Gasteiger partial charge in [-0.05, 0) is 20.8 Å². The van der Waals surface area contributed by atoms with Crippen LogP contribution >= 0.6 is 0 Å². The van der Waals surface area contributed by atoms with Gasteiger partial charge in [-0.2, -0.15) is 0 Å². The highest BCUT2D eigenvalue weighted by molar-refractivity contribution is 5.70. The first-order chi connectivity index (χ1) is 6.26. The van der Waals surface area contributed by atoms with E-state index in [1.165, 1.54) is 0 Å². The summed E-state index contributed by atoms with van der Waals surface area (Å²) in [5.74, 6) is -0.419. The van der Waals surface area contributed by atoms with Crippen LogP contribution in [0.25, 0.3) is 0 Å². The number of hydrogen-bond acceptors (Lipinski definition) is 5. The predicted molar refractivity (Wildman–Crippen MR) is 53.5 cm³/mol. The zero-order valence-electron chi connectivity index (χ0n) is 8.99. The van der Waals surface area contributed by atoms with E-state index in [0.29, 0.717) is 0 Å². The third-order valence-corrected chi connectivity index (χ3v) is 1.56. The second kappa shape index (κ2) is 5.29. The molecule has 2 atom stereocenters. The number of ether oxygens (including phenoxy) is 1. The minimum atomic E-state index is -0.859. The van der Waals surface area contributed by atoms with Crippen LogP contribution in [0.2, 0.25) is 0 Å². The third-order valence-electron chi connectivity index (χ3n) is 1.56. The molecule has 0 aromatic rings. The summed E-state index contributed by atoms with van der Waals surface area (Å²) in [4.78, 5) is 11.2. The Hall–Kier alpha value is -0.650. The Morgan fingerprint density at radius 1 is 1.50 bits per heavy atom. The Kier molecular flexibility index (Phi) is 5.04. The van der Waals surface area contributed by atoms with Gasteiger partial charge < -0.3 is 21.3 Å². The van der Waals surface area contributed by atoms with Gasteiger partial charge in [0.2, 0.25) is 0 Å². The maximum atomic E-state index is 11.2. The van der Waals surface area contributed by atoms with Gasteiger partial charge in [-0.3, -0.25) is 4.79 Å². The number of carbonyl (C=O) groups is 1. The first kappa shape index (κ1) is 13.4. The third kappa shape index (κ3) is 5.90. The van der Waals surface area contributed by atoms with Crippen molar-refractivity contribution in [3.63, 3.8) is 0 Å². The lowest BCUT2D eigenvalue weighted by Crippen LogP contribution is -2.42. The molecule has 0 fully saturated rings. The normalized spacial score (nSPS) is 16.1. The second-order valence-corrected chi connectivity index (χ2v) is 4.26. The molecule has 0 heterocycles. The van der Waals surface area contributed by atoms with Crippen molar-refractivity contribution in [3.05, 3.63) is 0 Å². The van der Waals surface area contributed by atoms with Crippen molar-refractivity contribution >= 4 is 5.97 Å². The van der Waals surface area contributed by atoms with Gasteiger partial charge in [0.05, 0.1) is 12.5 Å². The summed E-state index contributed by atoms with van der Waals surface area (Å²) in [7, 11) is 0. The van der Waals surface area contributed by atoms with E-state index in [0.717, 1.165) is 0 Å². The van der Waals surface area contributed by atoms with Crippen LogP contribution in [0.15, 0.2) is 0 Å². The molecule has 0 aliphatic heterocycles. The Morgan fingerprint density at radius 3 is 2.36 bits per heavy atom. The molecule has 0 saturated heterocycles. The Bertz CT molecular complexity index is 189. The molecule has 5 nitrogen and oxygen atoms in total. The van der Waals surface area contributed by atoms with Gasteiger partial charge in [-0.25, -0.2) is 0 Å². The quantitative estimate of drug-likeness (QED) is 0.529. The highest BCUT2D eigenvalue weighted by Gasteiger charge is 2.21. The SMILES string of the molecule is CC(C)(C)OC(=O)CC(N)C(O)CN. The smallest absolute Gasteiger partial charge is 0.307 e. The molecule has 0 spiro atoms. The topological polar surface area (TPSA) is 98.6 Å². The molecule has 0 aromatic carbocycles. The lowest BCUT2D eigenvalue weighted by molar-refractivity contribution is -0.155. The van der Waals surface area contributed by atoms with E-state index in [9.17, 15) is 9.90 Å². The molecule has 5 heteroatoms. The number of aliphatic hydroxyl groups excluding tert-OH is 1. The van der Waals surface area contributed by atoms with Crippen LogP contribution in [0.5, 0.6) is 0 Å². The van der Waals surface area contributed by atoms with Gasteiger partial charge in [0.1, 0.15) is 5.60 Å². The molecule has 0 rings (SSSR count). The zero-order valence-corrected chi connectivity index (χ0v) is 8.99. The molecule has 0 saturated carbocycles. The molecule has 0 aliphatic rings. The number of aliphatic hydroxyl groups is 1. The number of esters is 1. The van der Waals surface area contributed by atoms with Crippen molar-refractivity contribution in [1.82, 2.24) is 0 Å². The molecule has 0 amide bonds. The molecule has 84 valence electrons. The van der Waals surface area contributed by atoms with Gasteiger partial charge in [-0.15, -0.1) is 0 Å². The van der Waals surface area contributed by atoms with Gasteiger partial charge in [-0.1, -0.05) is 0 Å². The fourth-order valence-corrected chi connectivity index (χ4v) is 0.886. The van der Waals surface area contributed by atoms with Crippen LogP contribution < -0.4 is 11.5 Å². The van der Waals surface area contributed by atoms with E-state index in [4.69, 9.17) is 16.2 Å². The lowest BCUT2D eigenvalue weighted by Gasteiger charge is -2.22. The molecule has 5 N–H and O–H groups in total. The summed E-state index contributed by atoms with van der Waals surface area (Å²) in [6.45, 7) is 5.37. The van der Waals surface area contributed by atoms with Gasteiger partial charge in [0, 0.05) is 12.6 Å². The summed E-state index contributed by atoms with van der Waals surface area (Å²) in [6, 6.07) is -0.658. The van der Waals surface area contributed by atoms with Crippen molar-refractivity contribution in [2.24, 2.45) is 11.5 Å². The van der Waals surface area contributed by atoms with Gasteiger partial charge in [0.25, 0.3) is 0 Å². The van der Waals surface area contributed by atoms with Crippen LogP contribution in [0, 0.1) is 0 Å². The number of nitrogens with two attached hydrogens (primary N) is 2. The van der Waals surface area contributed by atoms with Crippen molar-refractivity contribution in [1.29, 1.82) is 0 Å². The lowest BCUT2D eigenvalue weighted by atomic mass is 10.1. The van der Waals surface area contributed by atoms with E-state index in [1.54, 1.807) is 20.8 Å². The van der Waals surface area contributed by atoms with Crippen LogP contribution in [-0.2, 0) is 9.53 Å². The van der Waals surface area contributed by atoms with E-state index in [1.807, 2.05) is 0 Å². The maximum Gasteiger partial charge on any atom is 0.307 e. The molecule has 0 aromatic heterocycles. The molecule has 0 aliphatic carbocycles. The minimum Gasteiger partial charge on any atom is -0.460 e. The number of hydrogen-bond donors (Lipinski definition) is 3. The summed E-state index contributed by atoms with van der Waals surface area (Å²) < 4.78 is 5.03. The Labute approximate surface area is 84.4 Å². The van der Waals surface area contributed by atoms with E-state index < -0.39 is 23.7 Å². The van der Waals surface area contributed by atoms with Crippen LogP contribution in [0.1, 0.15) is 27.2 Å². The first-order valence-corrected chi connectivity index (χ1v) is 4.62. The highest BCUT2D eigenvalue weighted by atomic mass is 16.6. The Balaban J connectivity index is 3.95. The standard InChI is InChI=1S/C9H20N2O3/c1-9(2,3)14-8(13)4-6(11)7(12)5-10/h6-7,12H,4-5,10-11H2,1-3H3. The number of carbonyl (C=O) groups excluding carboxylic acids is 1. The van der Waals surface area contributed by atoms with E-state index in [2.05, 4.69) is 0 Å². The zero-order chi connectivity index (χ0) is 11.4. The molecule has 2 unspecified atom stereocenters. The first-order valence-electron chi connectivity index (χ1n) is 4.62. The summed E-state index contributed by atoms with van der Waals surface area (Å²) in [6.07, 6.45) is -0.877. The van der Waals surface area contributed by atoms with Crippen molar-refractivity contribution in [3.8, 4) is 0 Å². The average molecular weight is 204 g/mol. The summed E-state index contributed by atoms with van der Waals surface area (Å²) in [5, 5.41) is 9.22. The maximum absolute atomic E-state index is 11.2. The average Bonchev–Trinajstić information content (AvgIpc) is 1.99. The van der Waals surface area contributed by atoms with Gasteiger partial charge >= 0.3 is 5.97 Å². The second-order valence-electron chi connectivity index (χ2n) is 4.26. The van der Waals surface area contributed by atoms with Crippen molar-refractivity contribution in [2.75, 3.05) is 6.54 Å². The molecule has 0 bridgehead atoms. The molecular formula is C9H20N2O3. The van der Waals surface area contributed by atoms with Crippen LogP contribution in [-0.4, -0.2) is 35.4 Å². The predicted octanol–water partition coefficient (Wildman–Crippen LogP) is -0.635. The number of rotatable bonds is 4. The van der Waals surface area contributed by atoms with Crippen molar-refractivity contribution < 1.29 is 14.6 Å². The van der Waals surface area contributed by atoms with E-state index in [-0.39, 0.29) is 13.0 Å². The van der Waals surface area contributed by atoms with Crippen LogP contribution in [0.3, 0.4) is 0 Å². The fraction of sp³-hybridized carbons (Fsp3) is 0.889. The van der Waals surface area contributed by atoms with E-state index >= 15 is 0 Å². The molecule has 0 radical (unpaired) electrons. The summed E-state index contributed by atoms with van der Waals surface area (Å²) >= 11 is 0. The monoisotopic (exact) mass is 204 g/mol. The highest BCUT2D eigenvalue weighted by Crippen LogP contribution is 2.09. The molecule has 14 heavy (non-hydrogen) atoms. The fourth-order valence-electron chi connectivity index (χ4n) is 0.886. The van der Waals surface area contributed by atoms with Crippen LogP contribution in [0.4, 0.5) is 0 Å². The van der Waals surface area contributed by atoms with Gasteiger partial charge in [0.15, 0.2) is 0 Å². The molecular weight excluding hydrogens is 184 g/mol. The minimum absolute atomic E-state index is 0.0182. The Morgan fingerprint density at radius 2 is 2.00 bits per heavy atom. The van der Waals surface area contributed by atoms with Crippen molar-refractivity contribution in [2.45, 2.75) is 44.9 Å². The summed E-state index contributed by atoms with van der Waals surface area (Å²) in [5.41, 5.74) is 10.2.